The Balaban J connectivity index is 1.62. The molecule has 7 heteroatoms. The van der Waals surface area contributed by atoms with Crippen LogP contribution in [0.3, 0.4) is 0 Å². The number of nitrogens with one attached hydrogen (secondary N) is 1. The van der Waals surface area contributed by atoms with E-state index in [-0.39, 0.29) is 17.4 Å². The second-order valence-electron chi connectivity index (χ2n) is 5.85. The summed E-state index contributed by atoms with van der Waals surface area (Å²) in [6, 6.07) is 14.3. The smallest absolute Gasteiger partial charge is 0.265 e. The Labute approximate surface area is 147 Å². The van der Waals surface area contributed by atoms with Gasteiger partial charge in [-0.25, -0.2) is 8.42 Å². The molecule has 1 aliphatic rings. The van der Waals surface area contributed by atoms with Crippen LogP contribution in [-0.2, 0) is 14.6 Å². The molecular formula is C18H20N2O4S. The van der Waals surface area contributed by atoms with E-state index in [4.69, 9.17) is 4.74 Å². The molecule has 0 bridgehead atoms. The standard InChI is InChI=1S/C18H20N2O4S/c1-25(22,23)17-10-5-2-7-14(17)19-11-6-12-20-15-8-3-4-9-16(15)24-13-18(20)21/h2-5,7-10,19H,6,11-13H2,1H3. The van der Waals surface area contributed by atoms with Gasteiger partial charge in [-0.1, -0.05) is 24.3 Å². The van der Waals surface area contributed by atoms with Crippen molar-refractivity contribution < 1.29 is 17.9 Å². The molecular weight excluding hydrogens is 340 g/mol. The Morgan fingerprint density at radius 2 is 1.84 bits per heavy atom. The van der Waals surface area contributed by atoms with Gasteiger partial charge in [-0.2, -0.15) is 0 Å². The number of fused-ring (bicyclic) bond motifs is 1. The van der Waals surface area contributed by atoms with E-state index in [9.17, 15) is 13.2 Å². The van der Waals surface area contributed by atoms with Crippen molar-refractivity contribution in [2.75, 3.05) is 36.2 Å². The zero-order chi connectivity index (χ0) is 17.9. The number of sulfone groups is 1. The first kappa shape index (κ1) is 17.3. The average Bonchev–Trinajstić information content (AvgIpc) is 2.59. The number of benzene rings is 2. The van der Waals surface area contributed by atoms with Gasteiger partial charge in [0.2, 0.25) is 0 Å². The summed E-state index contributed by atoms with van der Waals surface area (Å²) in [5, 5.41) is 3.15. The maximum atomic E-state index is 12.1. The number of hydrogen-bond acceptors (Lipinski definition) is 5. The van der Waals surface area contributed by atoms with Crippen LogP contribution < -0.4 is 15.0 Å². The molecule has 0 saturated heterocycles. The van der Waals surface area contributed by atoms with Crippen LogP contribution in [0.15, 0.2) is 53.4 Å². The number of amides is 1. The molecule has 1 heterocycles. The molecule has 0 unspecified atom stereocenters. The topological polar surface area (TPSA) is 75.7 Å². The third kappa shape index (κ3) is 3.93. The van der Waals surface area contributed by atoms with Crippen LogP contribution in [0.1, 0.15) is 6.42 Å². The summed E-state index contributed by atoms with van der Waals surface area (Å²) in [7, 11) is -3.28. The van der Waals surface area contributed by atoms with Gasteiger partial charge in [-0.05, 0) is 30.7 Å². The summed E-state index contributed by atoms with van der Waals surface area (Å²) in [4.78, 5) is 14.1. The molecule has 1 aliphatic heterocycles. The normalized spacial score (nSPS) is 14.0. The zero-order valence-electron chi connectivity index (χ0n) is 13.9. The predicted molar refractivity (Wildman–Crippen MR) is 96.9 cm³/mol. The minimum atomic E-state index is -3.28. The number of carbonyl (C=O) groups excluding carboxylic acids is 1. The molecule has 6 nitrogen and oxygen atoms in total. The van der Waals surface area contributed by atoms with Crippen molar-refractivity contribution in [3.63, 3.8) is 0 Å². The van der Waals surface area contributed by atoms with E-state index in [1.807, 2.05) is 24.3 Å². The number of para-hydroxylation sites is 3. The first-order valence-corrected chi connectivity index (χ1v) is 9.91. The lowest BCUT2D eigenvalue weighted by Gasteiger charge is -2.29. The zero-order valence-corrected chi connectivity index (χ0v) is 14.8. The molecule has 0 fully saturated rings. The summed E-state index contributed by atoms with van der Waals surface area (Å²) < 4.78 is 29.0. The number of rotatable bonds is 6. The molecule has 2 aromatic rings. The Morgan fingerprint density at radius 1 is 1.12 bits per heavy atom. The quantitative estimate of drug-likeness (QED) is 0.800. The largest absolute Gasteiger partial charge is 0.482 e. The van der Waals surface area contributed by atoms with Crippen LogP contribution in [0, 0.1) is 0 Å². The number of nitrogens with zero attached hydrogens (tertiary/aromatic N) is 1. The van der Waals surface area contributed by atoms with E-state index >= 15 is 0 Å². The van der Waals surface area contributed by atoms with Crippen LogP contribution >= 0.6 is 0 Å². The van der Waals surface area contributed by atoms with Gasteiger partial charge in [0.1, 0.15) is 5.75 Å². The summed E-state index contributed by atoms with van der Waals surface area (Å²) in [5.41, 5.74) is 1.36. The number of anilines is 2. The highest BCUT2D eigenvalue weighted by molar-refractivity contribution is 7.90. The monoisotopic (exact) mass is 360 g/mol. The van der Waals surface area contributed by atoms with Gasteiger partial charge in [0.25, 0.3) is 5.91 Å². The fourth-order valence-corrected chi connectivity index (χ4v) is 3.66. The van der Waals surface area contributed by atoms with Crippen LogP contribution in [0.25, 0.3) is 0 Å². The lowest BCUT2D eigenvalue weighted by molar-refractivity contribution is -0.121. The van der Waals surface area contributed by atoms with Gasteiger partial charge in [0, 0.05) is 19.3 Å². The summed E-state index contributed by atoms with van der Waals surface area (Å²) >= 11 is 0. The van der Waals surface area contributed by atoms with Crippen molar-refractivity contribution in [1.82, 2.24) is 0 Å². The van der Waals surface area contributed by atoms with Crippen molar-refractivity contribution >= 4 is 27.1 Å². The third-order valence-corrected chi connectivity index (χ3v) is 5.12. The molecule has 132 valence electrons. The maximum absolute atomic E-state index is 12.1. The van der Waals surface area contributed by atoms with Gasteiger partial charge >= 0.3 is 0 Å². The van der Waals surface area contributed by atoms with Gasteiger partial charge in [0.05, 0.1) is 16.3 Å². The van der Waals surface area contributed by atoms with Gasteiger partial charge in [0.15, 0.2) is 16.4 Å². The number of carbonyl (C=O) groups is 1. The molecule has 1 amide bonds. The molecule has 0 aliphatic carbocycles. The molecule has 0 spiro atoms. The van der Waals surface area contributed by atoms with E-state index in [0.29, 0.717) is 30.9 Å². The van der Waals surface area contributed by atoms with Gasteiger partial charge < -0.3 is 15.0 Å². The highest BCUT2D eigenvalue weighted by Crippen LogP contribution is 2.31. The second kappa shape index (κ2) is 7.14. The Kier molecular flexibility index (Phi) is 4.94. The van der Waals surface area contributed by atoms with E-state index in [2.05, 4.69) is 5.32 Å². The Hall–Kier alpha value is -2.54. The summed E-state index contributed by atoms with van der Waals surface area (Å²) in [6.07, 6.45) is 1.87. The van der Waals surface area contributed by atoms with Crippen molar-refractivity contribution in [2.24, 2.45) is 0 Å². The van der Waals surface area contributed by atoms with Gasteiger partial charge in [-0.15, -0.1) is 0 Å². The summed E-state index contributed by atoms with van der Waals surface area (Å²) in [5.74, 6) is 0.632. The molecule has 3 rings (SSSR count). The van der Waals surface area contributed by atoms with E-state index < -0.39 is 9.84 Å². The van der Waals surface area contributed by atoms with Gasteiger partial charge in [-0.3, -0.25) is 4.79 Å². The van der Waals surface area contributed by atoms with Crippen molar-refractivity contribution in [2.45, 2.75) is 11.3 Å². The third-order valence-electron chi connectivity index (χ3n) is 3.97. The molecule has 0 atom stereocenters. The second-order valence-corrected chi connectivity index (χ2v) is 7.83. The van der Waals surface area contributed by atoms with Crippen molar-refractivity contribution in [1.29, 1.82) is 0 Å². The Bertz CT molecular complexity index is 880. The first-order chi connectivity index (χ1) is 12.0. The lowest BCUT2D eigenvalue weighted by Crippen LogP contribution is -2.39. The number of ether oxygens (including phenoxy) is 1. The van der Waals surface area contributed by atoms with Crippen LogP contribution in [0.4, 0.5) is 11.4 Å². The fourth-order valence-electron chi connectivity index (χ4n) is 2.80. The highest BCUT2D eigenvalue weighted by Gasteiger charge is 2.24. The van der Waals surface area contributed by atoms with E-state index in [1.54, 1.807) is 29.2 Å². The Morgan fingerprint density at radius 3 is 2.64 bits per heavy atom. The van der Waals surface area contributed by atoms with Crippen LogP contribution in [0.5, 0.6) is 5.75 Å². The van der Waals surface area contributed by atoms with Crippen molar-refractivity contribution in [3.8, 4) is 5.75 Å². The predicted octanol–water partition coefficient (Wildman–Crippen LogP) is 2.32. The van der Waals surface area contributed by atoms with Crippen LogP contribution in [-0.4, -0.2) is 40.3 Å². The highest BCUT2D eigenvalue weighted by atomic mass is 32.2. The van der Waals surface area contributed by atoms with Crippen molar-refractivity contribution in [3.05, 3.63) is 48.5 Å². The molecule has 25 heavy (non-hydrogen) atoms. The molecule has 2 aromatic carbocycles. The lowest BCUT2D eigenvalue weighted by atomic mass is 10.2. The maximum Gasteiger partial charge on any atom is 0.265 e. The molecule has 0 radical (unpaired) electrons. The van der Waals surface area contributed by atoms with E-state index in [1.165, 1.54) is 6.26 Å². The number of hydrogen-bond donors (Lipinski definition) is 1. The molecule has 0 aromatic heterocycles. The minimum Gasteiger partial charge on any atom is -0.482 e. The molecule has 1 N–H and O–H groups in total. The minimum absolute atomic E-state index is 0.0430. The summed E-state index contributed by atoms with van der Waals surface area (Å²) in [6.45, 7) is 1.13. The van der Waals surface area contributed by atoms with E-state index in [0.717, 1.165) is 5.69 Å². The fraction of sp³-hybridized carbons (Fsp3) is 0.278. The van der Waals surface area contributed by atoms with Crippen LogP contribution in [0.2, 0.25) is 0 Å². The average molecular weight is 360 g/mol. The first-order valence-electron chi connectivity index (χ1n) is 8.02. The molecule has 0 saturated carbocycles. The SMILES string of the molecule is CS(=O)(=O)c1ccccc1NCCCN1C(=O)COc2ccccc21.